The van der Waals surface area contributed by atoms with Gasteiger partial charge in [-0.25, -0.2) is 4.79 Å². The zero-order chi connectivity index (χ0) is 21.5. The third kappa shape index (κ3) is 5.54. The minimum Gasteiger partial charge on any atom is -0.353 e. The molecule has 7 heteroatoms. The zero-order valence-corrected chi connectivity index (χ0v) is 19.0. The molecule has 2 heterocycles. The van der Waals surface area contributed by atoms with E-state index in [1.807, 2.05) is 25.1 Å². The van der Waals surface area contributed by atoms with Gasteiger partial charge in [0.1, 0.15) is 5.82 Å². The van der Waals surface area contributed by atoms with Gasteiger partial charge >= 0.3 is 6.03 Å². The number of piperazine rings is 1. The van der Waals surface area contributed by atoms with E-state index < -0.39 is 0 Å². The molecule has 1 aliphatic heterocycles. The van der Waals surface area contributed by atoms with Gasteiger partial charge < -0.3 is 15.5 Å². The van der Waals surface area contributed by atoms with Gasteiger partial charge in [0.2, 0.25) is 0 Å². The minimum atomic E-state index is -0.125. The average molecular weight is 438 g/mol. The molecule has 31 heavy (non-hydrogen) atoms. The number of aryl methyl sites for hydroxylation is 1. The highest BCUT2D eigenvalue weighted by molar-refractivity contribution is 7.13. The summed E-state index contributed by atoms with van der Waals surface area (Å²) in [6.07, 6.45) is 2.97. The summed E-state index contributed by atoms with van der Waals surface area (Å²) in [5, 5.41) is 7.14. The molecule has 0 saturated carbocycles. The molecule has 0 unspecified atom stereocenters. The van der Waals surface area contributed by atoms with E-state index in [1.165, 1.54) is 15.6 Å². The lowest BCUT2D eigenvalue weighted by Crippen LogP contribution is -2.46. The fourth-order valence-corrected chi connectivity index (χ4v) is 4.84. The standard InChI is InChI=1S/C24H31N5OS/c1-2-13-25-24(30)26-21-11-5-3-8-19(21)9-7-14-28-15-17-29(18-16-28)23-20-10-4-6-12-22(20)31-27-23/h3-6,8,10-12H,2,7,9,13-18H2,1H3,(H2,25,26,30). The number of anilines is 2. The molecule has 4 rings (SSSR count). The largest absolute Gasteiger partial charge is 0.353 e. The fraction of sp³-hybridized carbons (Fsp3) is 0.417. The Hall–Kier alpha value is -2.64. The van der Waals surface area contributed by atoms with Gasteiger partial charge in [-0.2, -0.15) is 4.37 Å². The van der Waals surface area contributed by atoms with Crippen molar-refractivity contribution in [3.8, 4) is 0 Å². The monoisotopic (exact) mass is 437 g/mol. The Bertz CT molecular complexity index is 996. The van der Waals surface area contributed by atoms with Crippen molar-refractivity contribution in [3.63, 3.8) is 0 Å². The molecule has 3 aromatic rings. The number of amides is 2. The number of para-hydroxylation sites is 1. The summed E-state index contributed by atoms with van der Waals surface area (Å²) < 4.78 is 5.97. The van der Waals surface area contributed by atoms with Crippen LogP contribution in [0.5, 0.6) is 0 Å². The van der Waals surface area contributed by atoms with Crippen LogP contribution in [0.25, 0.3) is 10.1 Å². The van der Waals surface area contributed by atoms with Crippen LogP contribution in [0.15, 0.2) is 48.5 Å². The smallest absolute Gasteiger partial charge is 0.319 e. The average Bonchev–Trinajstić information content (AvgIpc) is 3.23. The second-order valence-electron chi connectivity index (χ2n) is 7.97. The van der Waals surface area contributed by atoms with Crippen LogP contribution in [0.2, 0.25) is 0 Å². The normalized spacial score (nSPS) is 14.7. The lowest BCUT2D eigenvalue weighted by molar-refractivity contribution is 0.252. The molecule has 1 aliphatic rings. The van der Waals surface area contributed by atoms with Gasteiger partial charge in [-0.3, -0.25) is 4.90 Å². The third-order valence-corrected chi connectivity index (χ3v) is 6.57. The number of fused-ring (bicyclic) bond motifs is 1. The first-order valence-corrected chi connectivity index (χ1v) is 12.0. The minimum absolute atomic E-state index is 0.125. The lowest BCUT2D eigenvalue weighted by atomic mass is 10.1. The van der Waals surface area contributed by atoms with Crippen molar-refractivity contribution >= 4 is 39.2 Å². The van der Waals surface area contributed by atoms with Crippen molar-refractivity contribution in [2.24, 2.45) is 0 Å². The molecule has 2 aromatic carbocycles. The van der Waals surface area contributed by atoms with E-state index in [1.54, 1.807) is 11.5 Å². The summed E-state index contributed by atoms with van der Waals surface area (Å²) in [6, 6.07) is 16.5. The first-order valence-electron chi connectivity index (χ1n) is 11.2. The number of hydrogen-bond acceptors (Lipinski definition) is 5. The predicted octanol–water partition coefficient (Wildman–Crippen LogP) is 4.58. The molecule has 0 atom stereocenters. The van der Waals surface area contributed by atoms with Crippen LogP contribution in [0.4, 0.5) is 16.3 Å². The van der Waals surface area contributed by atoms with Crippen LogP contribution in [0.3, 0.4) is 0 Å². The molecule has 0 radical (unpaired) electrons. The van der Waals surface area contributed by atoms with E-state index in [0.717, 1.165) is 63.5 Å². The molecule has 0 spiro atoms. The molecule has 1 fully saturated rings. The van der Waals surface area contributed by atoms with E-state index >= 15 is 0 Å². The number of nitrogens with zero attached hydrogens (tertiary/aromatic N) is 3. The highest BCUT2D eigenvalue weighted by Crippen LogP contribution is 2.29. The maximum absolute atomic E-state index is 12.0. The van der Waals surface area contributed by atoms with E-state index in [0.29, 0.717) is 6.54 Å². The van der Waals surface area contributed by atoms with Crippen LogP contribution in [0, 0.1) is 0 Å². The Labute approximate surface area is 188 Å². The Morgan fingerprint density at radius 1 is 1.06 bits per heavy atom. The van der Waals surface area contributed by atoms with Crippen LogP contribution < -0.4 is 15.5 Å². The first-order chi connectivity index (χ1) is 15.2. The molecule has 2 N–H and O–H groups in total. The maximum atomic E-state index is 12.0. The Morgan fingerprint density at radius 3 is 2.68 bits per heavy atom. The summed E-state index contributed by atoms with van der Waals surface area (Å²) >= 11 is 1.59. The number of rotatable bonds is 8. The van der Waals surface area contributed by atoms with Crippen molar-refractivity contribution in [1.82, 2.24) is 14.6 Å². The number of hydrogen-bond donors (Lipinski definition) is 2. The lowest BCUT2D eigenvalue weighted by Gasteiger charge is -2.35. The molecule has 164 valence electrons. The van der Waals surface area contributed by atoms with Gasteiger partial charge in [-0.1, -0.05) is 37.3 Å². The van der Waals surface area contributed by atoms with Crippen molar-refractivity contribution in [2.45, 2.75) is 26.2 Å². The van der Waals surface area contributed by atoms with Crippen LogP contribution in [-0.4, -0.2) is 54.6 Å². The van der Waals surface area contributed by atoms with Crippen LogP contribution in [0.1, 0.15) is 25.3 Å². The maximum Gasteiger partial charge on any atom is 0.319 e. The second kappa shape index (κ2) is 10.6. The molecular weight excluding hydrogens is 406 g/mol. The number of aromatic nitrogens is 1. The predicted molar refractivity (Wildman–Crippen MR) is 130 cm³/mol. The van der Waals surface area contributed by atoms with E-state index in [9.17, 15) is 4.79 Å². The molecule has 6 nitrogen and oxygen atoms in total. The highest BCUT2D eigenvalue weighted by atomic mass is 32.1. The summed E-state index contributed by atoms with van der Waals surface area (Å²) in [6.45, 7) is 7.97. The van der Waals surface area contributed by atoms with Gasteiger partial charge in [0, 0.05) is 43.8 Å². The number of nitrogens with one attached hydrogen (secondary N) is 2. The molecule has 1 saturated heterocycles. The van der Waals surface area contributed by atoms with E-state index in [-0.39, 0.29) is 6.03 Å². The molecule has 1 aromatic heterocycles. The summed E-state index contributed by atoms with van der Waals surface area (Å²) in [7, 11) is 0. The SMILES string of the molecule is CCCNC(=O)Nc1ccccc1CCCN1CCN(c2nsc3ccccc23)CC1. The summed E-state index contributed by atoms with van der Waals surface area (Å²) in [4.78, 5) is 17.0. The number of carbonyl (C=O) groups excluding carboxylic acids is 1. The van der Waals surface area contributed by atoms with Crippen molar-refractivity contribution in [1.29, 1.82) is 0 Å². The Morgan fingerprint density at radius 2 is 1.84 bits per heavy atom. The van der Waals surface area contributed by atoms with Gasteiger partial charge in [0.15, 0.2) is 0 Å². The number of carbonyl (C=O) groups is 1. The fourth-order valence-electron chi connectivity index (χ4n) is 4.04. The number of urea groups is 1. The van der Waals surface area contributed by atoms with Crippen molar-refractivity contribution in [3.05, 3.63) is 54.1 Å². The van der Waals surface area contributed by atoms with Crippen molar-refractivity contribution < 1.29 is 4.79 Å². The van der Waals surface area contributed by atoms with E-state index in [4.69, 9.17) is 4.37 Å². The van der Waals surface area contributed by atoms with E-state index in [2.05, 4.69) is 50.8 Å². The number of benzene rings is 2. The van der Waals surface area contributed by atoms with Crippen LogP contribution in [-0.2, 0) is 6.42 Å². The highest BCUT2D eigenvalue weighted by Gasteiger charge is 2.20. The molecule has 2 amide bonds. The molecule has 0 bridgehead atoms. The van der Waals surface area contributed by atoms with Crippen LogP contribution >= 0.6 is 11.5 Å². The second-order valence-corrected chi connectivity index (χ2v) is 8.78. The van der Waals surface area contributed by atoms with Crippen molar-refractivity contribution in [2.75, 3.05) is 49.5 Å². The molecular formula is C24H31N5OS. The summed E-state index contributed by atoms with van der Waals surface area (Å²) in [5.74, 6) is 1.14. The zero-order valence-electron chi connectivity index (χ0n) is 18.1. The van der Waals surface area contributed by atoms with Gasteiger partial charge in [0.25, 0.3) is 0 Å². The first kappa shape index (κ1) is 21.6. The Balaban J connectivity index is 1.25. The Kier molecular flexibility index (Phi) is 7.38. The van der Waals surface area contributed by atoms with Gasteiger partial charge in [-0.05, 0) is 61.1 Å². The topological polar surface area (TPSA) is 60.5 Å². The summed E-state index contributed by atoms with van der Waals surface area (Å²) in [5.41, 5.74) is 2.11. The quantitative estimate of drug-likeness (QED) is 0.541. The van der Waals surface area contributed by atoms with Gasteiger partial charge in [0.05, 0.1) is 4.70 Å². The molecule has 0 aliphatic carbocycles. The van der Waals surface area contributed by atoms with Gasteiger partial charge in [-0.15, -0.1) is 0 Å². The third-order valence-electron chi connectivity index (χ3n) is 5.75.